The Morgan fingerprint density at radius 3 is 1.86 bits per heavy atom. The summed E-state index contributed by atoms with van der Waals surface area (Å²) in [5.74, 6) is -8.77. The van der Waals surface area contributed by atoms with E-state index in [1.54, 1.807) is 57.1 Å². The Balaban J connectivity index is 1.14. The molecule has 0 aliphatic carbocycles. The molecule has 446 valence electrons. The molecule has 0 saturated carbocycles. The lowest BCUT2D eigenvalue weighted by Crippen LogP contribution is -2.55. The van der Waals surface area contributed by atoms with E-state index < -0.39 is 100 Å². The van der Waals surface area contributed by atoms with Gasteiger partial charge >= 0.3 is 0 Å². The molecule has 6 heterocycles. The van der Waals surface area contributed by atoms with Crippen molar-refractivity contribution in [2.75, 3.05) is 14.1 Å². The molecule has 6 aliphatic heterocycles. The molecular formula is C63H55Cl2N7O15. The number of halogens is 2. The van der Waals surface area contributed by atoms with Crippen molar-refractivity contribution in [1.82, 2.24) is 36.8 Å². The molecule has 6 aliphatic rings. The predicted molar refractivity (Wildman–Crippen MR) is 314 cm³/mol. The molecule has 87 heavy (non-hydrogen) atoms. The number of hydrogen-bond donors (Lipinski definition) is 11. The van der Waals surface area contributed by atoms with Crippen LogP contribution in [-0.2, 0) is 40.0 Å². The molecule has 0 fully saturated rings. The minimum atomic E-state index is -2.00. The number of nitrogens with zero attached hydrogens (tertiary/aromatic N) is 1. The molecule has 6 amide bonds. The van der Waals surface area contributed by atoms with Gasteiger partial charge in [-0.3, -0.25) is 38.5 Å². The van der Waals surface area contributed by atoms with Gasteiger partial charge in [0.1, 0.15) is 94.4 Å². The summed E-state index contributed by atoms with van der Waals surface area (Å²) in [5.41, 5.74) is 1.12. The molecule has 0 aromatic heterocycles. The number of Topliss-reactive ketones (excluding diaryl/α,β-unsaturated/α-hetero) is 1. The number of phenols is 4. The number of hydrogen-bond acceptors (Lipinski definition) is 16. The maximum absolute atomic E-state index is 15.9. The summed E-state index contributed by atoms with van der Waals surface area (Å²) in [6, 6.07) is 14.3. The number of ketones is 1. The van der Waals surface area contributed by atoms with E-state index >= 15 is 19.2 Å². The highest BCUT2D eigenvalue weighted by Gasteiger charge is 2.41. The average molecular weight is 1220 g/mol. The van der Waals surface area contributed by atoms with Gasteiger partial charge in [-0.25, -0.2) is 0 Å². The number of fused-ring (bicyclic) bond motifs is 14. The fourth-order valence-corrected chi connectivity index (χ4v) is 11.6. The molecule has 11 N–H and O–H groups in total. The molecule has 22 nitrogen and oxygen atoms in total. The van der Waals surface area contributed by atoms with Gasteiger partial charge < -0.3 is 71.6 Å². The van der Waals surface area contributed by atoms with Gasteiger partial charge in [-0.05, 0) is 158 Å². The predicted octanol–water partition coefficient (Wildman–Crippen LogP) is 7.30. The molecule has 7 aromatic rings. The summed E-state index contributed by atoms with van der Waals surface area (Å²) in [6.45, 7) is 4.38. The SMILES string of the molecule is CC(=O)[C@H]1NC(=O)[C@H]2NC(=O)[C@H](NC(=O)[C@@H]3NC(=O)[C@H]4NC(=O)[C@@H](Cc5ccc(cc5)Oc5cc3cc(c5C)Oc3ccc(cc3Cl)[C@H]2O)NC(=O)[C@H](N(C)C)c2ccc(O)c(c2)Oc2cc(O)c(Cl)c4c2)c2ccc(O)c(c2)-c2c(C)cc(O)cc21. The summed E-state index contributed by atoms with van der Waals surface area (Å²) in [5, 5.41) is 73.0. The first-order valence-corrected chi connectivity index (χ1v) is 27.9. The Kier molecular flexibility index (Phi) is 15.7. The number of phenolic OH excluding ortho intramolecular Hbond substituents is 4. The zero-order chi connectivity index (χ0) is 62.0. The Hall–Kier alpha value is -9.87. The molecule has 0 spiro atoms. The zero-order valence-corrected chi connectivity index (χ0v) is 48.3. The van der Waals surface area contributed by atoms with E-state index in [4.69, 9.17) is 37.4 Å². The molecule has 7 aromatic carbocycles. The summed E-state index contributed by atoms with van der Waals surface area (Å²) in [4.78, 5) is 107. The minimum Gasteiger partial charge on any atom is -0.508 e. The van der Waals surface area contributed by atoms with Gasteiger partial charge in [0.2, 0.25) is 35.4 Å². The van der Waals surface area contributed by atoms with E-state index in [1.165, 1.54) is 91.9 Å². The van der Waals surface area contributed by atoms with Crippen LogP contribution < -0.4 is 46.1 Å². The number of nitrogens with one attached hydrogen (secondary N) is 6. The highest BCUT2D eigenvalue weighted by atomic mass is 35.5. The largest absolute Gasteiger partial charge is 0.508 e. The highest BCUT2D eigenvalue weighted by molar-refractivity contribution is 6.33. The van der Waals surface area contributed by atoms with Crippen molar-refractivity contribution in [1.29, 1.82) is 0 Å². The third-order valence-electron chi connectivity index (χ3n) is 15.6. The Labute approximate surface area is 506 Å². The molecule has 24 heteroatoms. The van der Waals surface area contributed by atoms with Crippen LogP contribution in [0.4, 0.5) is 0 Å². The average Bonchev–Trinajstić information content (AvgIpc) is 1.02. The molecular weight excluding hydrogens is 1170 g/mol. The fourth-order valence-electron chi connectivity index (χ4n) is 11.2. The van der Waals surface area contributed by atoms with Crippen molar-refractivity contribution >= 4 is 64.4 Å². The Bertz CT molecular complexity index is 4070. The van der Waals surface area contributed by atoms with E-state index in [-0.39, 0.29) is 102 Å². The number of likely N-dealkylation sites (N-methyl/N-ethyl adjacent to an activating group) is 1. The minimum absolute atomic E-state index is 0.00664. The van der Waals surface area contributed by atoms with Crippen molar-refractivity contribution in [2.24, 2.45) is 0 Å². The Morgan fingerprint density at radius 2 is 1.16 bits per heavy atom. The second kappa shape index (κ2) is 23.2. The van der Waals surface area contributed by atoms with E-state index in [0.717, 1.165) is 6.07 Å². The van der Waals surface area contributed by atoms with Crippen molar-refractivity contribution in [3.63, 3.8) is 0 Å². The topological polar surface area (TPSA) is 324 Å². The number of rotatable bonds is 2. The highest BCUT2D eigenvalue weighted by Crippen LogP contribution is 2.45. The van der Waals surface area contributed by atoms with Crippen LogP contribution in [0.1, 0.15) is 93.3 Å². The lowest BCUT2D eigenvalue weighted by molar-refractivity contribution is -0.137. The van der Waals surface area contributed by atoms with E-state index in [0.29, 0.717) is 22.3 Å². The molecule has 13 rings (SSSR count). The van der Waals surface area contributed by atoms with Gasteiger partial charge in [-0.15, -0.1) is 0 Å². The van der Waals surface area contributed by atoms with Crippen LogP contribution in [0.2, 0.25) is 10.0 Å². The van der Waals surface area contributed by atoms with E-state index in [2.05, 4.69) is 31.9 Å². The second-order valence-corrected chi connectivity index (χ2v) is 22.6. The number of carbonyl (C=O) groups excluding carboxylic acids is 7. The van der Waals surface area contributed by atoms with Crippen LogP contribution >= 0.6 is 23.2 Å². The summed E-state index contributed by atoms with van der Waals surface area (Å²) in [6.07, 6.45) is -2.13. The standard InChI is InChI=1S/C63H55Cl2N7O15/c1-26-16-34(74)23-38-49(26)37-18-30(8-13-42(37)75)52-59(80)71-55(62(83)67-51(38)28(3)73)57(78)32-10-15-45(40(64)19-32)87-47-22-33-21-46(27(47)2)85-35-11-6-29(7-12-35)17-41-58(79)70-54(61(82)69-53(33)60(81)68-52)39-24-36(25-44(77)50(39)65)86-48-20-31(9-14-43(48)76)56(72(4)5)63(84)66-41/h6-16,18-25,41,51-57,74-78H,17H2,1-5H3,(H,66,84)(H,67,83)(H,68,81)(H,69,82)(H,70,79)(H,71,80)/t41-,51-,52-,53-,54+,55+,56-,57-/m1/s1. The number of benzene rings is 7. The lowest BCUT2D eigenvalue weighted by Gasteiger charge is -2.32. The van der Waals surface area contributed by atoms with Gasteiger partial charge in [0.15, 0.2) is 17.3 Å². The summed E-state index contributed by atoms with van der Waals surface area (Å²) in [7, 11) is 3.25. The monoisotopic (exact) mass is 1220 g/mol. The molecule has 0 saturated heterocycles. The van der Waals surface area contributed by atoms with Gasteiger partial charge in [0.05, 0.1) is 10.0 Å². The maximum Gasteiger partial charge on any atom is 0.248 e. The fraction of sp³-hybridized carbons (Fsp3) is 0.222. The number of aryl methyl sites for hydroxylation is 1. The number of aliphatic hydroxyl groups is 1. The number of ether oxygens (including phenoxy) is 3. The van der Waals surface area contributed by atoms with E-state index in [9.17, 15) is 39.9 Å². The maximum atomic E-state index is 15.9. The smallest absolute Gasteiger partial charge is 0.248 e. The van der Waals surface area contributed by atoms with Crippen molar-refractivity contribution in [3.8, 4) is 68.6 Å². The number of amides is 6. The van der Waals surface area contributed by atoms with Gasteiger partial charge in [-0.2, -0.15) is 0 Å². The quantitative estimate of drug-likeness (QED) is 0.0809. The van der Waals surface area contributed by atoms with Gasteiger partial charge in [0.25, 0.3) is 0 Å². The molecule has 0 radical (unpaired) electrons. The third-order valence-corrected chi connectivity index (χ3v) is 16.3. The summed E-state index contributed by atoms with van der Waals surface area (Å²) >= 11 is 13.9. The zero-order valence-electron chi connectivity index (χ0n) is 46.8. The van der Waals surface area contributed by atoms with Crippen molar-refractivity contribution in [3.05, 3.63) is 175 Å². The molecule has 8 atom stereocenters. The van der Waals surface area contributed by atoms with Crippen LogP contribution in [-0.4, -0.2) is 97.8 Å². The summed E-state index contributed by atoms with van der Waals surface area (Å²) < 4.78 is 19.2. The van der Waals surface area contributed by atoms with Gasteiger partial charge in [-0.1, -0.05) is 53.5 Å². The van der Waals surface area contributed by atoms with Crippen LogP contribution in [0.25, 0.3) is 11.1 Å². The first kappa shape index (κ1) is 58.9. The molecule has 0 unspecified atom stereocenters. The van der Waals surface area contributed by atoms with Crippen LogP contribution in [0, 0.1) is 13.8 Å². The number of carbonyl (C=O) groups is 7. The van der Waals surface area contributed by atoms with Crippen LogP contribution in [0.5, 0.6) is 57.5 Å². The van der Waals surface area contributed by atoms with Crippen LogP contribution in [0.3, 0.4) is 0 Å². The molecule has 17 bridgehead atoms. The normalized spacial score (nSPS) is 21.9. The second-order valence-electron chi connectivity index (χ2n) is 21.8. The van der Waals surface area contributed by atoms with Crippen molar-refractivity contribution < 1.29 is 73.3 Å². The lowest BCUT2D eigenvalue weighted by atomic mass is 9.86. The number of aromatic hydroxyl groups is 4. The first-order valence-electron chi connectivity index (χ1n) is 27.2. The Morgan fingerprint density at radius 1 is 0.540 bits per heavy atom. The van der Waals surface area contributed by atoms with Crippen molar-refractivity contribution in [2.45, 2.75) is 75.6 Å². The number of aliphatic hydroxyl groups excluding tert-OH is 1. The van der Waals surface area contributed by atoms with E-state index in [1.807, 2.05) is 0 Å². The van der Waals surface area contributed by atoms with Gasteiger partial charge in [0, 0.05) is 29.2 Å². The third kappa shape index (κ3) is 11.5. The first-order chi connectivity index (χ1) is 41.4. The van der Waals surface area contributed by atoms with Crippen LogP contribution in [0.15, 0.2) is 115 Å².